The highest BCUT2D eigenvalue weighted by atomic mass is 16.7. The van der Waals surface area contributed by atoms with E-state index in [2.05, 4.69) is 30.6 Å². The molecule has 4 rings (SSSR count). The van der Waals surface area contributed by atoms with E-state index < -0.39 is 0 Å². The van der Waals surface area contributed by atoms with Crippen LogP contribution in [0, 0.1) is 47.4 Å². The van der Waals surface area contributed by atoms with Gasteiger partial charge in [0.05, 0.1) is 18.6 Å². The van der Waals surface area contributed by atoms with Crippen molar-refractivity contribution in [2.45, 2.75) is 103 Å². The molecule has 0 aromatic heterocycles. The second-order valence-corrected chi connectivity index (χ2v) is 10.4. The van der Waals surface area contributed by atoms with E-state index >= 15 is 0 Å². The molecule has 0 spiro atoms. The summed E-state index contributed by atoms with van der Waals surface area (Å²) in [6.07, 6.45) is 11.9. The van der Waals surface area contributed by atoms with E-state index in [1.54, 1.807) is 0 Å². The van der Waals surface area contributed by atoms with Gasteiger partial charge in [0.2, 0.25) is 0 Å². The highest BCUT2D eigenvalue weighted by Crippen LogP contribution is 2.51. The molecule has 0 amide bonds. The minimum atomic E-state index is -0.205. The largest absolute Gasteiger partial charge is 0.392 e. The molecule has 0 aromatic rings. The number of rotatable bonds is 7. The Labute approximate surface area is 205 Å². The Bertz CT molecular complexity index is 787. The molecule has 2 saturated carbocycles. The topological polar surface area (TPSA) is 57.2 Å². The molecule has 2 heterocycles. The van der Waals surface area contributed by atoms with Gasteiger partial charge in [-0.3, -0.25) is 0 Å². The number of ether oxygens (including phenoxy) is 4. The molecular weight excluding hydrogens is 428 g/mol. The Morgan fingerprint density at radius 2 is 1.85 bits per heavy atom. The van der Waals surface area contributed by atoms with Gasteiger partial charge in [0.15, 0.2) is 12.6 Å². The molecule has 2 aliphatic heterocycles. The lowest BCUT2D eigenvalue weighted by molar-refractivity contribution is -0.192. The van der Waals surface area contributed by atoms with Crippen molar-refractivity contribution in [1.82, 2.24) is 0 Å². The van der Waals surface area contributed by atoms with E-state index in [0.717, 1.165) is 77.4 Å². The van der Waals surface area contributed by atoms with Crippen LogP contribution in [0.2, 0.25) is 0 Å². The first-order chi connectivity index (χ1) is 16.7. The van der Waals surface area contributed by atoms with E-state index in [4.69, 9.17) is 18.9 Å². The summed E-state index contributed by atoms with van der Waals surface area (Å²) in [5.74, 6) is 14.8. The van der Waals surface area contributed by atoms with Crippen LogP contribution in [0.1, 0.15) is 78.1 Å². The normalized spacial score (nSPS) is 36.1. The molecule has 8 atom stereocenters. The maximum Gasteiger partial charge on any atom is 0.159 e. The van der Waals surface area contributed by atoms with Crippen molar-refractivity contribution in [3.05, 3.63) is 11.6 Å². The van der Waals surface area contributed by atoms with E-state index in [9.17, 15) is 5.11 Å². The first-order valence-corrected chi connectivity index (χ1v) is 13.4. The van der Waals surface area contributed by atoms with Crippen molar-refractivity contribution in [2.75, 3.05) is 19.8 Å². The van der Waals surface area contributed by atoms with Crippen LogP contribution in [-0.2, 0) is 18.9 Å². The Kier molecular flexibility index (Phi) is 9.92. The van der Waals surface area contributed by atoms with Crippen LogP contribution in [-0.4, -0.2) is 49.7 Å². The molecule has 5 heteroatoms. The summed E-state index contributed by atoms with van der Waals surface area (Å²) < 4.78 is 24.7. The van der Waals surface area contributed by atoms with Gasteiger partial charge in [-0.05, 0) is 76.5 Å². The van der Waals surface area contributed by atoms with Gasteiger partial charge in [-0.15, -0.1) is 11.8 Å². The fourth-order valence-corrected chi connectivity index (χ4v) is 5.93. The second-order valence-electron chi connectivity index (χ2n) is 10.4. The highest BCUT2D eigenvalue weighted by molar-refractivity contribution is 5.22. The van der Waals surface area contributed by atoms with Gasteiger partial charge in [-0.1, -0.05) is 30.4 Å². The van der Waals surface area contributed by atoms with E-state index in [1.807, 2.05) is 13.0 Å². The quantitative estimate of drug-likeness (QED) is 0.427. The Hall–Kier alpha value is -1.34. The summed E-state index contributed by atoms with van der Waals surface area (Å²) in [5, 5.41) is 9.40. The molecule has 2 aliphatic carbocycles. The zero-order chi connectivity index (χ0) is 23.8. The van der Waals surface area contributed by atoms with Gasteiger partial charge >= 0.3 is 0 Å². The summed E-state index contributed by atoms with van der Waals surface area (Å²) in [6, 6.07) is 0. The summed E-state index contributed by atoms with van der Waals surface area (Å²) >= 11 is 0. The van der Waals surface area contributed by atoms with Crippen molar-refractivity contribution in [2.24, 2.45) is 23.7 Å². The minimum Gasteiger partial charge on any atom is -0.392 e. The predicted octanol–water partition coefficient (Wildman–Crippen LogP) is 4.83. The van der Waals surface area contributed by atoms with Crippen LogP contribution in [0.15, 0.2) is 11.6 Å². The molecule has 5 nitrogen and oxygen atoms in total. The van der Waals surface area contributed by atoms with Crippen LogP contribution in [0.5, 0.6) is 0 Å². The lowest BCUT2D eigenvalue weighted by Crippen LogP contribution is -2.32. The van der Waals surface area contributed by atoms with Crippen LogP contribution in [0.25, 0.3) is 0 Å². The van der Waals surface area contributed by atoms with Crippen LogP contribution in [0.4, 0.5) is 0 Å². The average molecular weight is 471 g/mol. The van der Waals surface area contributed by atoms with Crippen molar-refractivity contribution < 1.29 is 24.1 Å². The van der Waals surface area contributed by atoms with Crippen molar-refractivity contribution >= 4 is 0 Å². The van der Waals surface area contributed by atoms with Crippen LogP contribution < -0.4 is 0 Å². The third-order valence-electron chi connectivity index (χ3n) is 7.82. The summed E-state index contributed by atoms with van der Waals surface area (Å²) in [4.78, 5) is 0. The van der Waals surface area contributed by atoms with Crippen LogP contribution in [0.3, 0.4) is 0 Å². The molecule has 0 bridgehead atoms. The lowest BCUT2D eigenvalue weighted by Gasteiger charge is -2.29. The molecule has 34 heavy (non-hydrogen) atoms. The molecule has 0 aromatic carbocycles. The maximum atomic E-state index is 9.40. The van der Waals surface area contributed by atoms with Gasteiger partial charge in [0.25, 0.3) is 0 Å². The fourth-order valence-electron chi connectivity index (χ4n) is 5.93. The van der Waals surface area contributed by atoms with Gasteiger partial charge in [0.1, 0.15) is 6.10 Å². The number of hydrogen-bond donors (Lipinski definition) is 1. The Balaban J connectivity index is 1.51. The van der Waals surface area contributed by atoms with Crippen molar-refractivity contribution in [3.63, 3.8) is 0 Å². The maximum absolute atomic E-state index is 9.40. The van der Waals surface area contributed by atoms with Gasteiger partial charge in [-0.25, -0.2) is 0 Å². The molecular formula is C29H42O5. The third-order valence-corrected chi connectivity index (χ3v) is 7.82. The first kappa shape index (κ1) is 25.7. The molecule has 0 radical (unpaired) electrons. The number of fused-ring (bicyclic) bond motifs is 1. The SMILES string of the molecule is CC#CCC(C)[C@@H](C#C[C@@H]1[C@H]2C/C(=C\CO)C[C@H]2C[C@H]1OC1CCCCO1)OC1CCCCO1. The van der Waals surface area contributed by atoms with Crippen LogP contribution >= 0.6 is 0 Å². The first-order valence-electron chi connectivity index (χ1n) is 13.4. The summed E-state index contributed by atoms with van der Waals surface area (Å²) in [7, 11) is 0. The second kappa shape index (κ2) is 13.1. The summed E-state index contributed by atoms with van der Waals surface area (Å²) in [5.41, 5.74) is 1.37. The zero-order valence-electron chi connectivity index (χ0n) is 21.0. The molecule has 2 saturated heterocycles. The van der Waals surface area contributed by atoms with Crippen molar-refractivity contribution in [3.8, 4) is 23.7 Å². The Morgan fingerprint density at radius 3 is 2.53 bits per heavy atom. The van der Waals surface area contributed by atoms with Gasteiger partial charge < -0.3 is 24.1 Å². The van der Waals surface area contributed by atoms with E-state index in [-0.39, 0.29) is 43.2 Å². The number of hydrogen-bond acceptors (Lipinski definition) is 5. The fraction of sp³-hybridized carbons (Fsp3) is 0.793. The molecule has 3 unspecified atom stereocenters. The lowest BCUT2D eigenvalue weighted by atomic mass is 9.90. The predicted molar refractivity (Wildman–Crippen MR) is 131 cm³/mol. The van der Waals surface area contributed by atoms with Gasteiger partial charge in [0, 0.05) is 25.6 Å². The number of aliphatic hydroxyl groups is 1. The van der Waals surface area contributed by atoms with E-state index in [1.165, 1.54) is 5.57 Å². The minimum absolute atomic E-state index is 0.0959. The zero-order valence-corrected chi connectivity index (χ0v) is 21.0. The Morgan fingerprint density at radius 1 is 1.09 bits per heavy atom. The molecule has 188 valence electrons. The number of aliphatic hydroxyl groups excluding tert-OH is 1. The summed E-state index contributed by atoms with van der Waals surface area (Å²) in [6.45, 7) is 5.72. The third kappa shape index (κ3) is 6.87. The highest BCUT2D eigenvalue weighted by Gasteiger charge is 2.47. The monoisotopic (exact) mass is 470 g/mol. The molecule has 4 aliphatic rings. The average Bonchev–Trinajstić information content (AvgIpc) is 3.38. The number of allylic oxidation sites excluding steroid dienone is 1. The van der Waals surface area contributed by atoms with Crippen molar-refractivity contribution in [1.29, 1.82) is 0 Å². The molecule has 1 N–H and O–H groups in total. The molecule has 4 fully saturated rings. The van der Waals surface area contributed by atoms with E-state index in [0.29, 0.717) is 11.8 Å². The smallest absolute Gasteiger partial charge is 0.159 e. The standard InChI is InChI=1S/C29H42O5/c1-3-4-9-21(2)26(33-28-10-5-7-16-31-28)13-12-24-25-19-22(14-15-30)18-23(25)20-27(24)34-29-11-6-8-17-32-29/h14,21,23-30H,5-11,15-20H2,1-2H3/b22-14-/t21?,23-,24+,25-,26+,27+,28?,29?/m0/s1. The van der Waals surface area contributed by atoms with Gasteiger partial charge in [-0.2, -0.15) is 0 Å².